The molecular formula is C11H8Cl2N4O. The molecule has 0 bridgehead atoms. The van der Waals surface area contributed by atoms with Gasteiger partial charge in [0.05, 0.1) is 15.6 Å². The van der Waals surface area contributed by atoms with Crippen molar-refractivity contribution in [3.05, 3.63) is 46.2 Å². The SMILES string of the molecule is Nc1ncc(C(=O)Nc2ncccc2Cl)cc1Cl. The number of anilines is 2. The van der Waals surface area contributed by atoms with Gasteiger partial charge in [-0.3, -0.25) is 4.79 Å². The number of nitrogens with zero attached hydrogens (tertiary/aromatic N) is 2. The van der Waals surface area contributed by atoms with Crippen molar-refractivity contribution >= 4 is 40.7 Å². The van der Waals surface area contributed by atoms with Crippen molar-refractivity contribution in [3.8, 4) is 0 Å². The summed E-state index contributed by atoms with van der Waals surface area (Å²) in [5.41, 5.74) is 5.73. The first-order valence-electron chi connectivity index (χ1n) is 4.91. The van der Waals surface area contributed by atoms with Crippen LogP contribution in [0, 0.1) is 0 Å². The zero-order chi connectivity index (χ0) is 13.1. The second-order valence-corrected chi connectivity index (χ2v) is 4.19. The lowest BCUT2D eigenvalue weighted by Gasteiger charge is -2.06. The third kappa shape index (κ3) is 2.69. The van der Waals surface area contributed by atoms with Gasteiger partial charge in [0.15, 0.2) is 5.82 Å². The summed E-state index contributed by atoms with van der Waals surface area (Å²) in [5.74, 6) is 0.0335. The average Bonchev–Trinajstić information content (AvgIpc) is 2.35. The van der Waals surface area contributed by atoms with Crippen molar-refractivity contribution in [2.45, 2.75) is 0 Å². The molecule has 0 radical (unpaired) electrons. The first-order chi connectivity index (χ1) is 8.58. The van der Waals surface area contributed by atoms with Crippen LogP contribution in [0.4, 0.5) is 11.6 Å². The second kappa shape index (κ2) is 5.20. The van der Waals surface area contributed by atoms with E-state index in [1.54, 1.807) is 12.1 Å². The summed E-state index contributed by atoms with van der Waals surface area (Å²) in [4.78, 5) is 19.6. The lowest BCUT2D eigenvalue weighted by molar-refractivity contribution is 0.102. The van der Waals surface area contributed by atoms with Crippen LogP contribution in [0.25, 0.3) is 0 Å². The maximum atomic E-state index is 11.9. The van der Waals surface area contributed by atoms with Crippen LogP contribution >= 0.6 is 23.2 Å². The lowest BCUT2D eigenvalue weighted by Crippen LogP contribution is -2.14. The van der Waals surface area contributed by atoms with E-state index in [4.69, 9.17) is 28.9 Å². The van der Waals surface area contributed by atoms with Crippen molar-refractivity contribution in [1.82, 2.24) is 9.97 Å². The zero-order valence-electron chi connectivity index (χ0n) is 9.02. The predicted octanol–water partition coefficient (Wildman–Crippen LogP) is 2.62. The molecule has 0 aliphatic heterocycles. The van der Waals surface area contributed by atoms with Crippen LogP contribution in [0.15, 0.2) is 30.6 Å². The highest BCUT2D eigenvalue weighted by atomic mass is 35.5. The number of aromatic nitrogens is 2. The molecule has 0 aliphatic rings. The highest BCUT2D eigenvalue weighted by Gasteiger charge is 2.11. The molecule has 1 amide bonds. The highest BCUT2D eigenvalue weighted by molar-refractivity contribution is 6.34. The third-order valence-corrected chi connectivity index (χ3v) is 2.73. The minimum absolute atomic E-state index is 0.170. The van der Waals surface area contributed by atoms with Gasteiger partial charge in [0, 0.05) is 12.4 Å². The van der Waals surface area contributed by atoms with E-state index in [0.29, 0.717) is 5.02 Å². The molecule has 18 heavy (non-hydrogen) atoms. The maximum Gasteiger partial charge on any atom is 0.258 e. The Morgan fingerprint density at radius 2 is 2.06 bits per heavy atom. The van der Waals surface area contributed by atoms with E-state index in [2.05, 4.69) is 15.3 Å². The quantitative estimate of drug-likeness (QED) is 0.887. The smallest absolute Gasteiger partial charge is 0.258 e. The van der Waals surface area contributed by atoms with E-state index >= 15 is 0 Å². The Morgan fingerprint density at radius 3 is 2.72 bits per heavy atom. The Morgan fingerprint density at radius 1 is 1.28 bits per heavy atom. The van der Waals surface area contributed by atoms with Gasteiger partial charge in [-0.2, -0.15) is 0 Å². The normalized spacial score (nSPS) is 10.1. The van der Waals surface area contributed by atoms with Crippen LogP contribution in [-0.2, 0) is 0 Å². The van der Waals surface area contributed by atoms with E-state index in [0.717, 1.165) is 0 Å². The number of carbonyl (C=O) groups is 1. The van der Waals surface area contributed by atoms with Gasteiger partial charge in [0.1, 0.15) is 5.82 Å². The molecule has 2 aromatic heterocycles. The molecule has 2 heterocycles. The standard InChI is InChI=1S/C11H8Cl2N4O/c12-7-2-1-3-15-10(7)17-11(18)6-4-8(13)9(14)16-5-6/h1-5H,(H2,14,16)(H,15,17,18). The summed E-state index contributed by atoms with van der Waals surface area (Å²) >= 11 is 11.7. The number of nitrogen functional groups attached to an aromatic ring is 1. The largest absolute Gasteiger partial charge is 0.382 e. The van der Waals surface area contributed by atoms with Crippen LogP contribution in [0.2, 0.25) is 10.0 Å². The summed E-state index contributed by atoms with van der Waals surface area (Å²) in [6, 6.07) is 4.72. The number of rotatable bonds is 2. The van der Waals surface area contributed by atoms with Gasteiger partial charge in [-0.1, -0.05) is 23.2 Å². The van der Waals surface area contributed by atoms with Crippen molar-refractivity contribution < 1.29 is 4.79 Å². The molecule has 92 valence electrons. The van der Waals surface area contributed by atoms with Gasteiger partial charge in [0.2, 0.25) is 0 Å². The van der Waals surface area contributed by atoms with Crippen LogP contribution in [0.5, 0.6) is 0 Å². The van der Waals surface area contributed by atoms with Crippen LogP contribution in [-0.4, -0.2) is 15.9 Å². The van der Waals surface area contributed by atoms with Crippen molar-refractivity contribution in [1.29, 1.82) is 0 Å². The number of pyridine rings is 2. The second-order valence-electron chi connectivity index (χ2n) is 3.38. The Labute approximate surface area is 113 Å². The summed E-state index contributed by atoms with van der Waals surface area (Å²) < 4.78 is 0. The number of hydrogen-bond donors (Lipinski definition) is 2. The van der Waals surface area contributed by atoms with E-state index in [1.807, 2.05) is 0 Å². The highest BCUT2D eigenvalue weighted by Crippen LogP contribution is 2.20. The van der Waals surface area contributed by atoms with Gasteiger partial charge in [-0.05, 0) is 18.2 Å². The van der Waals surface area contributed by atoms with Crippen molar-refractivity contribution in [3.63, 3.8) is 0 Å². The molecule has 0 saturated carbocycles. The summed E-state index contributed by atoms with van der Waals surface area (Å²) in [7, 11) is 0. The number of amides is 1. The summed E-state index contributed by atoms with van der Waals surface area (Å²) in [5, 5.41) is 3.12. The molecule has 0 atom stereocenters. The van der Waals surface area contributed by atoms with E-state index in [9.17, 15) is 4.79 Å². The Balaban J connectivity index is 2.22. The molecule has 0 fully saturated rings. The number of hydrogen-bond acceptors (Lipinski definition) is 4. The predicted molar refractivity (Wildman–Crippen MR) is 70.9 cm³/mol. The first kappa shape index (κ1) is 12.6. The topological polar surface area (TPSA) is 80.9 Å². The van der Waals surface area contributed by atoms with Crippen molar-refractivity contribution in [2.24, 2.45) is 0 Å². The van der Waals surface area contributed by atoms with Crippen LogP contribution in [0.3, 0.4) is 0 Å². The fourth-order valence-electron chi connectivity index (χ4n) is 1.23. The molecule has 0 aliphatic carbocycles. The maximum absolute atomic E-state index is 11.9. The average molecular weight is 283 g/mol. The van der Waals surface area contributed by atoms with Gasteiger partial charge in [0.25, 0.3) is 5.91 Å². The van der Waals surface area contributed by atoms with E-state index < -0.39 is 5.91 Å². The number of nitrogens with one attached hydrogen (secondary N) is 1. The number of halogens is 2. The fourth-order valence-corrected chi connectivity index (χ4v) is 1.57. The van der Waals surface area contributed by atoms with Gasteiger partial charge in [-0.25, -0.2) is 9.97 Å². The zero-order valence-corrected chi connectivity index (χ0v) is 10.5. The summed E-state index contributed by atoms with van der Waals surface area (Å²) in [6.07, 6.45) is 2.85. The molecule has 3 N–H and O–H groups in total. The minimum atomic E-state index is -0.412. The minimum Gasteiger partial charge on any atom is -0.382 e. The van der Waals surface area contributed by atoms with Crippen molar-refractivity contribution in [2.75, 3.05) is 11.1 Å². The van der Waals surface area contributed by atoms with Gasteiger partial charge < -0.3 is 11.1 Å². The van der Waals surface area contributed by atoms with E-state index in [-0.39, 0.29) is 22.2 Å². The first-order valence-corrected chi connectivity index (χ1v) is 5.66. The Bertz CT molecular complexity index is 603. The monoisotopic (exact) mass is 282 g/mol. The summed E-state index contributed by atoms with van der Waals surface area (Å²) in [6.45, 7) is 0. The molecule has 7 heteroatoms. The molecule has 2 aromatic rings. The molecule has 0 spiro atoms. The van der Waals surface area contributed by atoms with E-state index in [1.165, 1.54) is 18.5 Å². The molecule has 5 nitrogen and oxygen atoms in total. The molecule has 0 saturated heterocycles. The number of carbonyl (C=O) groups excluding carboxylic acids is 1. The Hall–Kier alpha value is -1.85. The number of nitrogens with two attached hydrogens (primary N) is 1. The third-order valence-electron chi connectivity index (χ3n) is 2.12. The molecule has 0 unspecified atom stereocenters. The van der Waals surface area contributed by atoms with Crippen LogP contribution < -0.4 is 11.1 Å². The molecule has 0 aromatic carbocycles. The molecular weight excluding hydrogens is 275 g/mol. The lowest BCUT2D eigenvalue weighted by atomic mass is 10.2. The fraction of sp³-hybridized carbons (Fsp3) is 0. The van der Waals surface area contributed by atoms with Crippen LogP contribution in [0.1, 0.15) is 10.4 Å². The Kier molecular flexibility index (Phi) is 3.64. The van der Waals surface area contributed by atoms with Gasteiger partial charge in [-0.15, -0.1) is 0 Å². The van der Waals surface area contributed by atoms with Gasteiger partial charge >= 0.3 is 0 Å². The molecule has 2 rings (SSSR count).